The number of nitrogens with one attached hydrogen (secondary N) is 1. The van der Waals surface area contributed by atoms with E-state index in [1.54, 1.807) is 45.9 Å². The normalized spacial score (nSPS) is 13.3. The number of rotatable bonds is 4. The molecule has 4 rings (SSSR count). The van der Waals surface area contributed by atoms with E-state index in [1.807, 2.05) is 0 Å². The van der Waals surface area contributed by atoms with Gasteiger partial charge in [-0.25, -0.2) is 14.8 Å². The first-order valence-corrected chi connectivity index (χ1v) is 10.2. The average molecular weight is 457 g/mol. The van der Waals surface area contributed by atoms with Gasteiger partial charge in [0.15, 0.2) is 0 Å². The predicted molar refractivity (Wildman–Crippen MR) is 115 cm³/mol. The maximum Gasteiger partial charge on any atom is 0.407 e. The number of aromatic nitrogens is 4. The zero-order chi connectivity index (χ0) is 23.0. The third-order valence-corrected chi connectivity index (χ3v) is 4.72. The van der Waals surface area contributed by atoms with E-state index in [-0.39, 0.29) is 30.0 Å². The lowest BCUT2D eigenvalue weighted by Gasteiger charge is -2.20. The number of halogens is 1. The average Bonchev–Trinajstić information content (AvgIpc) is 3.29. The molecule has 0 radical (unpaired) electrons. The maximum atomic E-state index is 13.1. The molecule has 1 aliphatic heterocycles. The van der Waals surface area contributed by atoms with Gasteiger partial charge in [0.25, 0.3) is 11.8 Å². The summed E-state index contributed by atoms with van der Waals surface area (Å²) < 4.78 is 10.7. The molecule has 0 bridgehead atoms. The topological polar surface area (TPSA) is 123 Å². The molecule has 3 aromatic heterocycles. The third-order valence-electron chi connectivity index (χ3n) is 4.53. The molecule has 2 amide bonds. The molecule has 4 heterocycles. The van der Waals surface area contributed by atoms with Crippen LogP contribution in [0.25, 0.3) is 11.6 Å². The molecule has 1 aliphatic rings. The second-order valence-corrected chi connectivity index (χ2v) is 8.56. The van der Waals surface area contributed by atoms with E-state index in [9.17, 15) is 9.59 Å². The highest BCUT2D eigenvalue weighted by molar-refractivity contribution is 6.30. The Morgan fingerprint density at radius 1 is 1.28 bits per heavy atom. The van der Waals surface area contributed by atoms with Crippen molar-refractivity contribution >= 4 is 29.4 Å². The minimum absolute atomic E-state index is 0.0632. The fourth-order valence-corrected chi connectivity index (χ4v) is 3.44. The molecule has 3 aromatic rings. The Labute approximate surface area is 189 Å². The van der Waals surface area contributed by atoms with Gasteiger partial charge in [0, 0.05) is 18.1 Å². The molecule has 0 saturated carbocycles. The van der Waals surface area contributed by atoms with E-state index in [4.69, 9.17) is 20.8 Å². The smallest absolute Gasteiger partial charge is 0.407 e. The Kier molecular flexibility index (Phi) is 5.55. The number of anilines is 1. The number of hydrogen-bond acceptors (Lipinski definition) is 8. The van der Waals surface area contributed by atoms with Gasteiger partial charge in [0.1, 0.15) is 22.3 Å². The summed E-state index contributed by atoms with van der Waals surface area (Å²) in [6, 6.07) is 6.70. The minimum atomic E-state index is -0.631. The van der Waals surface area contributed by atoms with E-state index < -0.39 is 11.7 Å². The lowest BCUT2D eigenvalue weighted by atomic mass is 10.1. The van der Waals surface area contributed by atoms with Gasteiger partial charge in [0.2, 0.25) is 5.89 Å². The Balaban J connectivity index is 1.59. The van der Waals surface area contributed by atoms with Crippen molar-refractivity contribution in [3.05, 3.63) is 52.1 Å². The molecule has 11 heteroatoms. The number of hydrogen-bond donors (Lipinski definition) is 1. The number of pyridine rings is 2. The van der Waals surface area contributed by atoms with Crippen LogP contribution in [-0.2, 0) is 17.8 Å². The minimum Gasteiger partial charge on any atom is -0.444 e. The van der Waals surface area contributed by atoms with Crippen LogP contribution in [0.4, 0.5) is 10.6 Å². The molecule has 0 atom stereocenters. The molecule has 32 heavy (non-hydrogen) atoms. The van der Waals surface area contributed by atoms with E-state index in [1.165, 1.54) is 11.0 Å². The molecule has 0 aliphatic carbocycles. The molecule has 1 N–H and O–H groups in total. The number of aryl methyl sites for hydroxylation is 1. The summed E-state index contributed by atoms with van der Waals surface area (Å²) in [6.07, 6.45) is -0.585. The fourth-order valence-electron chi connectivity index (χ4n) is 3.23. The standard InChI is InChI=1S/C21H21ClN6O4/c1-11-26-27-18(31-11)14-6-5-7-17(25-14)28-10-13-12(19(28)29)8-16(22)24-15(13)9-23-20(30)32-21(2,3)4/h5-8H,9-10H2,1-4H3,(H,23,30). The van der Waals surface area contributed by atoms with E-state index >= 15 is 0 Å². The van der Waals surface area contributed by atoms with Crippen LogP contribution in [0, 0.1) is 6.92 Å². The highest BCUT2D eigenvalue weighted by atomic mass is 35.5. The molecular formula is C21H21ClN6O4. The summed E-state index contributed by atoms with van der Waals surface area (Å²) in [4.78, 5) is 35.5. The van der Waals surface area contributed by atoms with Crippen LogP contribution in [0.5, 0.6) is 0 Å². The summed E-state index contributed by atoms with van der Waals surface area (Å²) in [6.45, 7) is 7.29. The Morgan fingerprint density at radius 2 is 2.06 bits per heavy atom. The lowest BCUT2D eigenvalue weighted by Crippen LogP contribution is -2.32. The number of fused-ring (bicyclic) bond motifs is 1. The van der Waals surface area contributed by atoms with Crippen molar-refractivity contribution in [1.82, 2.24) is 25.5 Å². The van der Waals surface area contributed by atoms with Gasteiger partial charge in [0.05, 0.1) is 18.8 Å². The van der Waals surface area contributed by atoms with Crippen LogP contribution in [0.1, 0.15) is 48.3 Å². The van der Waals surface area contributed by atoms with Gasteiger partial charge >= 0.3 is 6.09 Å². The van der Waals surface area contributed by atoms with Gasteiger partial charge in [-0.2, -0.15) is 0 Å². The van der Waals surface area contributed by atoms with Gasteiger partial charge in [-0.1, -0.05) is 17.7 Å². The first kappa shape index (κ1) is 21.7. The van der Waals surface area contributed by atoms with Gasteiger partial charge in [-0.15, -0.1) is 10.2 Å². The van der Waals surface area contributed by atoms with Crippen molar-refractivity contribution in [2.24, 2.45) is 0 Å². The Morgan fingerprint density at radius 3 is 2.75 bits per heavy atom. The molecule has 10 nitrogen and oxygen atoms in total. The van der Waals surface area contributed by atoms with Crippen molar-refractivity contribution in [1.29, 1.82) is 0 Å². The van der Waals surface area contributed by atoms with Gasteiger partial charge in [-0.05, 0) is 39.0 Å². The van der Waals surface area contributed by atoms with Gasteiger partial charge < -0.3 is 14.5 Å². The third kappa shape index (κ3) is 4.54. The molecule has 0 fully saturated rings. The van der Waals surface area contributed by atoms with Crippen LogP contribution in [0.3, 0.4) is 0 Å². The first-order chi connectivity index (χ1) is 15.1. The largest absolute Gasteiger partial charge is 0.444 e. The monoisotopic (exact) mass is 456 g/mol. The summed E-state index contributed by atoms with van der Waals surface area (Å²) in [5.74, 6) is 0.830. The van der Waals surface area contributed by atoms with Crippen LogP contribution >= 0.6 is 11.6 Å². The van der Waals surface area contributed by atoms with Crippen molar-refractivity contribution in [2.75, 3.05) is 4.90 Å². The zero-order valence-corrected chi connectivity index (χ0v) is 18.7. The quantitative estimate of drug-likeness (QED) is 0.589. The number of nitrogens with zero attached hydrogens (tertiary/aromatic N) is 5. The summed E-state index contributed by atoms with van der Waals surface area (Å²) in [5, 5.41) is 10.6. The Bertz CT molecular complexity index is 1200. The van der Waals surface area contributed by atoms with Crippen molar-refractivity contribution in [3.63, 3.8) is 0 Å². The van der Waals surface area contributed by atoms with E-state index in [0.717, 1.165) is 0 Å². The highest BCUT2D eigenvalue weighted by Gasteiger charge is 2.33. The molecule has 166 valence electrons. The maximum absolute atomic E-state index is 13.1. The van der Waals surface area contributed by atoms with Crippen LogP contribution in [-0.4, -0.2) is 37.8 Å². The molecular weight excluding hydrogens is 436 g/mol. The number of amides is 2. The first-order valence-electron chi connectivity index (χ1n) is 9.85. The highest BCUT2D eigenvalue weighted by Crippen LogP contribution is 2.31. The SMILES string of the molecule is Cc1nnc(-c2cccc(N3Cc4c(cc(Cl)nc4CNC(=O)OC(C)(C)C)C3=O)n2)o1. The molecule has 0 aromatic carbocycles. The number of carbonyl (C=O) groups is 2. The molecule has 0 spiro atoms. The number of carbonyl (C=O) groups excluding carboxylic acids is 2. The summed E-state index contributed by atoms with van der Waals surface area (Å²) in [7, 11) is 0. The fraction of sp³-hybridized carbons (Fsp3) is 0.333. The molecule has 0 unspecified atom stereocenters. The predicted octanol–water partition coefficient (Wildman–Crippen LogP) is 3.67. The summed E-state index contributed by atoms with van der Waals surface area (Å²) >= 11 is 6.15. The van der Waals surface area contributed by atoms with Crippen LogP contribution in [0.15, 0.2) is 28.7 Å². The Hall–Kier alpha value is -3.53. The number of alkyl carbamates (subject to hydrolysis) is 1. The summed E-state index contributed by atoms with van der Waals surface area (Å²) in [5.41, 5.74) is 1.38. The zero-order valence-electron chi connectivity index (χ0n) is 18.0. The van der Waals surface area contributed by atoms with Gasteiger partial charge in [-0.3, -0.25) is 9.69 Å². The second kappa shape index (κ2) is 8.19. The van der Waals surface area contributed by atoms with E-state index in [2.05, 4.69) is 25.5 Å². The van der Waals surface area contributed by atoms with E-state index in [0.29, 0.717) is 34.2 Å². The lowest BCUT2D eigenvalue weighted by molar-refractivity contribution is 0.0522. The molecule has 0 saturated heterocycles. The van der Waals surface area contributed by atoms with Crippen molar-refractivity contribution < 1.29 is 18.7 Å². The van der Waals surface area contributed by atoms with Crippen LogP contribution in [0.2, 0.25) is 5.15 Å². The van der Waals surface area contributed by atoms with Crippen molar-refractivity contribution in [2.45, 2.75) is 46.4 Å². The second-order valence-electron chi connectivity index (χ2n) is 8.17. The van der Waals surface area contributed by atoms with Crippen LogP contribution < -0.4 is 10.2 Å². The van der Waals surface area contributed by atoms with Crippen molar-refractivity contribution in [3.8, 4) is 11.6 Å². The number of ether oxygens (including phenoxy) is 1.